The fourth-order valence-electron chi connectivity index (χ4n) is 2.14. The molecule has 114 valence electrons. The molecule has 1 heterocycles. The van der Waals surface area contributed by atoms with Gasteiger partial charge in [0.05, 0.1) is 11.1 Å². The van der Waals surface area contributed by atoms with Crippen LogP contribution in [0.25, 0.3) is 0 Å². The molecular weight excluding hydrogens is 353 g/mol. The van der Waals surface area contributed by atoms with E-state index in [9.17, 15) is 22.8 Å². The minimum Gasteiger partial charge on any atom is -0.344 e. The van der Waals surface area contributed by atoms with Crippen LogP contribution >= 0.6 is 15.9 Å². The molecule has 2 amide bonds. The number of hydrogen-bond donors (Lipinski definition) is 1. The van der Waals surface area contributed by atoms with Gasteiger partial charge in [-0.3, -0.25) is 9.59 Å². The van der Waals surface area contributed by atoms with Crippen molar-refractivity contribution in [3.05, 3.63) is 33.8 Å². The first-order valence-corrected chi connectivity index (χ1v) is 6.92. The first-order chi connectivity index (χ1) is 9.70. The summed E-state index contributed by atoms with van der Waals surface area (Å²) in [5.41, 5.74) is -1.53. The van der Waals surface area contributed by atoms with Crippen LogP contribution < -0.4 is 5.32 Å². The molecule has 1 unspecified atom stereocenters. The van der Waals surface area contributed by atoms with Crippen molar-refractivity contribution >= 4 is 27.7 Å². The molecule has 0 spiro atoms. The monoisotopic (exact) mass is 364 g/mol. The van der Waals surface area contributed by atoms with E-state index in [0.717, 1.165) is 12.1 Å². The Morgan fingerprint density at radius 1 is 1.43 bits per heavy atom. The molecule has 1 aliphatic heterocycles. The molecule has 0 radical (unpaired) electrons. The lowest BCUT2D eigenvalue weighted by molar-refractivity contribution is -0.138. The zero-order valence-electron chi connectivity index (χ0n) is 11.0. The topological polar surface area (TPSA) is 49.4 Å². The highest BCUT2D eigenvalue weighted by molar-refractivity contribution is 9.10. The Labute approximate surface area is 127 Å². The van der Waals surface area contributed by atoms with Crippen LogP contribution in [0.2, 0.25) is 0 Å². The Balaban J connectivity index is 2.26. The number of amides is 2. The van der Waals surface area contributed by atoms with Gasteiger partial charge in [-0.15, -0.1) is 0 Å². The van der Waals surface area contributed by atoms with Crippen molar-refractivity contribution in [1.29, 1.82) is 0 Å². The van der Waals surface area contributed by atoms with Crippen LogP contribution in [-0.4, -0.2) is 36.3 Å². The lowest BCUT2D eigenvalue weighted by Crippen LogP contribution is -2.41. The Bertz CT molecular complexity index is 589. The molecule has 8 heteroatoms. The highest BCUT2D eigenvalue weighted by atomic mass is 79.9. The minimum absolute atomic E-state index is 0.225. The summed E-state index contributed by atoms with van der Waals surface area (Å²) in [5, 5.41) is 2.36. The predicted molar refractivity (Wildman–Crippen MR) is 72.7 cm³/mol. The summed E-state index contributed by atoms with van der Waals surface area (Å²) >= 11 is 2.95. The van der Waals surface area contributed by atoms with Gasteiger partial charge in [-0.25, -0.2) is 0 Å². The first-order valence-electron chi connectivity index (χ1n) is 6.12. The van der Waals surface area contributed by atoms with E-state index >= 15 is 0 Å². The van der Waals surface area contributed by atoms with E-state index < -0.39 is 29.3 Å². The van der Waals surface area contributed by atoms with Crippen molar-refractivity contribution in [2.24, 2.45) is 0 Å². The molecule has 0 bridgehead atoms. The molecule has 1 fully saturated rings. The number of alkyl halides is 3. The molecule has 0 aliphatic carbocycles. The molecule has 21 heavy (non-hydrogen) atoms. The van der Waals surface area contributed by atoms with Gasteiger partial charge in [-0.2, -0.15) is 13.2 Å². The van der Waals surface area contributed by atoms with E-state index in [1.54, 1.807) is 7.05 Å². The number of likely N-dealkylation sites (tertiary alicyclic amines) is 1. The van der Waals surface area contributed by atoms with E-state index in [-0.39, 0.29) is 10.4 Å². The first kappa shape index (κ1) is 15.8. The van der Waals surface area contributed by atoms with E-state index in [0.29, 0.717) is 13.0 Å². The highest BCUT2D eigenvalue weighted by Gasteiger charge is 2.37. The van der Waals surface area contributed by atoms with Crippen molar-refractivity contribution in [3.63, 3.8) is 0 Å². The number of hydrogen-bond acceptors (Lipinski definition) is 2. The van der Waals surface area contributed by atoms with Crippen LogP contribution in [0.4, 0.5) is 13.2 Å². The molecule has 1 aliphatic rings. The van der Waals surface area contributed by atoms with Crippen LogP contribution in [-0.2, 0) is 11.0 Å². The van der Waals surface area contributed by atoms with Crippen LogP contribution in [0.1, 0.15) is 22.3 Å². The van der Waals surface area contributed by atoms with Crippen molar-refractivity contribution in [2.75, 3.05) is 13.6 Å². The van der Waals surface area contributed by atoms with Gasteiger partial charge in [0, 0.05) is 18.1 Å². The molecule has 0 aromatic heterocycles. The fourth-order valence-corrected chi connectivity index (χ4v) is 2.50. The zero-order valence-corrected chi connectivity index (χ0v) is 12.6. The SMILES string of the molecule is CN1CCC(NC(=O)c2ccc(Br)cc2C(F)(F)F)C1=O. The number of likely N-dealkylation sites (N-methyl/N-ethyl adjacent to an activating group) is 1. The lowest BCUT2D eigenvalue weighted by atomic mass is 10.1. The number of halogens is 4. The summed E-state index contributed by atoms with van der Waals surface area (Å²) in [5.74, 6) is -1.20. The second-order valence-corrected chi connectivity index (χ2v) is 5.68. The summed E-state index contributed by atoms with van der Waals surface area (Å²) in [6, 6.07) is 2.52. The van der Waals surface area contributed by atoms with Crippen molar-refractivity contribution in [1.82, 2.24) is 10.2 Å². The number of nitrogens with one attached hydrogen (secondary N) is 1. The normalized spacial score (nSPS) is 19.0. The van der Waals surface area contributed by atoms with Crippen molar-refractivity contribution < 1.29 is 22.8 Å². The van der Waals surface area contributed by atoms with E-state index in [2.05, 4.69) is 21.2 Å². The van der Waals surface area contributed by atoms with Gasteiger partial charge in [0.1, 0.15) is 6.04 Å². The van der Waals surface area contributed by atoms with Crippen molar-refractivity contribution in [2.45, 2.75) is 18.6 Å². The van der Waals surface area contributed by atoms with Gasteiger partial charge < -0.3 is 10.2 Å². The molecule has 1 atom stereocenters. The minimum atomic E-state index is -4.65. The predicted octanol–water partition coefficient (Wildman–Crippen LogP) is 2.43. The maximum Gasteiger partial charge on any atom is 0.417 e. The zero-order chi connectivity index (χ0) is 15.8. The van der Waals surface area contributed by atoms with Gasteiger partial charge in [0.25, 0.3) is 5.91 Å². The molecule has 1 N–H and O–H groups in total. The maximum atomic E-state index is 13.0. The molecule has 0 saturated carbocycles. The number of nitrogens with zero attached hydrogens (tertiary/aromatic N) is 1. The third-order valence-corrected chi connectivity index (χ3v) is 3.76. The number of carbonyl (C=O) groups excluding carboxylic acids is 2. The number of carbonyl (C=O) groups is 2. The smallest absolute Gasteiger partial charge is 0.344 e. The van der Waals surface area contributed by atoms with E-state index in [1.807, 2.05) is 0 Å². The Hall–Kier alpha value is -1.57. The van der Waals surface area contributed by atoms with Gasteiger partial charge in [0.15, 0.2) is 0 Å². The third kappa shape index (κ3) is 3.37. The Morgan fingerprint density at radius 3 is 2.62 bits per heavy atom. The lowest BCUT2D eigenvalue weighted by Gasteiger charge is -2.16. The Morgan fingerprint density at radius 2 is 2.10 bits per heavy atom. The molecule has 1 aromatic carbocycles. The summed E-state index contributed by atoms with van der Waals surface area (Å²) in [6.07, 6.45) is -4.26. The number of benzene rings is 1. The number of rotatable bonds is 2. The summed E-state index contributed by atoms with van der Waals surface area (Å²) in [6.45, 7) is 0.468. The fraction of sp³-hybridized carbons (Fsp3) is 0.385. The van der Waals surface area contributed by atoms with Gasteiger partial charge in [0.2, 0.25) is 5.91 Å². The summed E-state index contributed by atoms with van der Waals surface area (Å²) in [4.78, 5) is 25.2. The van der Waals surface area contributed by atoms with Crippen molar-refractivity contribution in [3.8, 4) is 0 Å². The van der Waals surface area contributed by atoms with E-state index in [4.69, 9.17) is 0 Å². The summed E-state index contributed by atoms with van der Waals surface area (Å²) in [7, 11) is 1.58. The standard InChI is InChI=1S/C13H12BrF3N2O2/c1-19-5-4-10(12(19)21)18-11(20)8-3-2-7(14)6-9(8)13(15,16)17/h2-3,6,10H,4-5H2,1H3,(H,18,20). The third-order valence-electron chi connectivity index (χ3n) is 3.26. The second-order valence-electron chi connectivity index (χ2n) is 4.76. The van der Waals surface area contributed by atoms with Gasteiger partial charge >= 0.3 is 6.18 Å². The second kappa shape index (κ2) is 5.67. The van der Waals surface area contributed by atoms with Crippen LogP contribution in [0, 0.1) is 0 Å². The molecule has 2 rings (SSSR count). The molecule has 1 aromatic rings. The quantitative estimate of drug-likeness (QED) is 0.875. The molecule has 1 saturated heterocycles. The van der Waals surface area contributed by atoms with Crippen LogP contribution in [0.5, 0.6) is 0 Å². The molecule has 4 nitrogen and oxygen atoms in total. The molecular formula is C13H12BrF3N2O2. The average Bonchev–Trinajstić information content (AvgIpc) is 2.69. The van der Waals surface area contributed by atoms with Gasteiger partial charge in [-0.05, 0) is 24.6 Å². The highest BCUT2D eigenvalue weighted by Crippen LogP contribution is 2.34. The van der Waals surface area contributed by atoms with Crippen LogP contribution in [0.15, 0.2) is 22.7 Å². The van der Waals surface area contributed by atoms with Crippen LogP contribution in [0.3, 0.4) is 0 Å². The van der Waals surface area contributed by atoms with E-state index in [1.165, 1.54) is 11.0 Å². The van der Waals surface area contributed by atoms with Gasteiger partial charge in [-0.1, -0.05) is 15.9 Å². The summed E-state index contributed by atoms with van der Waals surface area (Å²) < 4.78 is 39.1. The largest absolute Gasteiger partial charge is 0.417 e. The Kier molecular flexibility index (Phi) is 4.27. The average molecular weight is 365 g/mol. The maximum absolute atomic E-state index is 13.0.